The summed E-state index contributed by atoms with van der Waals surface area (Å²) >= 11 is 0. The molecular weight excluding hydrogens is 460 g/mol. The molecule has 0 saturated carbocycles. The minimum atomic E-state index is -0.446. The monoisotopic (exact) mass is 484 g/mol. The first kappa shape index (κ1) is 30.1. The molecule has 0 aromatic heterocycles. The molecule has 28 heavy (non-hydrogen) atoms. The van der Waals surface area contributed by atoms with E-state index < -0.39 is 7.92 Å². The van der Waals surface area contributed by atoms with Gasteiger partial charge in [-0.25, -0.2) is 0 Å². The van der Waals surface area contributed by atoms with E-state index in [1.807, 2.05) is 27.2 Å². The van der Waals surface area contributed by atoms with Crippen molar-refractivity contribution in [1.29, 1.82) is 0 Å². The van der Waals surface area contributed by atoms with Crippen LogP contribution in [0.3, 0.4) is 0 Å². The summed E-state index contributed by atoms with van der Waals surface area (Å²) in [4.78, 5) is 32.0. The molecule has 148 valence electrons. The van der Waals surface area contributed by atoms with Gasteiger partial charge in [0.25, 0.3) is 0 Å². The van der Waals surface area contributed by atoms with Crippen LogP contribution in [0, 0.1) is 0 Å². The van der Waals surface area contributed by atoms with E-state index in [1.54, 1.807) is 0 Å². The molecule has 0 saturated heterocycles. The first-order chi connectivity index (χ1) is 13.4. The Kier molecular flexibility index (Phi) is 24.1. The van der Waals surface area contributed by atoms with Crippen LogP contribution in [0.2, 0.25) is 0 Å². The Hall–Kier alpha value is -2.61. The molecule has 0 unspecified atom stereocenters. The fraction of sp³-hybridized carbons (Fsp3) is 0. The van der Waals surface area contributed by atoms with E-state index in [2.05, 4.69) is 91.0 Å². The van der Waals surface area contributed by atoms with Crippen LogP contribution >= 0.6 is 7.92 Å². The predicted molar refractivity (Wildman–Crippen MR) is 114 cm³/mol. The minimum Gasteiger partial charge on any atom is -0.307 e. The van der Waals surface area contributed by atoms with Crippen LogP contribution in [0.1, 0.15) is 0 Å². The Morgan fingerprint density at radius 1 is 0.393 bits per heavy atom. The number of benzene rings is 3. The molecule has 0 fully saturated rings. The Morgan fingerprint density at radius 3 is 0.750 bits per heavy atom. The zero-order valence-corrected chi connectivity index (χ0v) is 18.1. The van der Waals surface area contributed by atoms with Gasteiger partial charge < -0.3 is 19.2 Å². The van der Waals surface area contributed by atoms with Crippen molar-refractivity contribution in [3.63, 3.8) is 0 Å². The molecule has 0 aliphatic carbocycles. The third-order valence-electron chi connectivity index (χ3n) is 3.04. The number of hydrogen-bond acceptors (Lipinski definition) is 4. The van der Waals surface area contributed by atoms with E-state index in [9.17, 15) is 0 Å². The fourth-order valence-electron chi connectivity index (χ4n) is 2.18. The minimum absolute atomic E-state index is 0. The van der Waals surface area contributed by atoms with Gasteiger partial charge >= 0.3 is 0 Å². The maximum Gasteiger partial charge on any atom is 0.106 e. The first-order valence-electron chi connectivity index (χ1n) is 7.56. The molecule has 0 amide bonds. The van der Waals surface area contributed by atoms with E-state index in [4.69, 9.17) is 19.2 Å². The van der Waals surface area contributed by atoms with Crippen LogP contribution in [0.4, 0.5) is 0 Å². The smallest absolute Gasteiger partial charge is 0.106 e. The molecule has 3 rings (SSSR count). The third kappa shape index (κ3) is 10.5. The second-order valence-electron chi connectivity index (χ2n) is 4.34. The van der Waals surface area contributed by atoms with Crippen molar-refractivity contribution in [3.05, 3.63) is 91.0 Å². The van der Waals surface area contributed by atoms with Gasteiger partial charge in [-0.15, -0.1) is 0 Å². The molecule has 0 radical (unpaired) electrons. The summed E-state index contributed by atoms with van der Waals surface area (Å²) in [5.74, 6) is 0. The van der Waals surface area contributed by atoms with Gasteiger partial charge in [0, 0.05) is 19.5 Å². The summed E-state index contributed by atoms with van der Waals surface area (Å²) in [7, 11) is -0.446. The Morgan fingerprint density at radius 2 is 0.571 bits per heavy atom. The summed E-state index contributed by atoms with van der Waals surface area (Å²) in [6, 6.07) is 32.3. The molecule has 0 spiro atoms. The van der Waals surface area contributed by atoms with Crippen LogP contribution < -0.4 is 15.9 Å². The fourth-order valence-corrected chi connectivity index (χ4v) is 4.48. The number of carbonyl (C=O) groups is 4. The first-order valence-corrected chi connectivity index (χ1v) is 8.90. The summed E-state index contributed by atoms with van der Waals surface area (Å²) in [6.45, 7) is 8.00. The average molecular weight is 483 g/mol. The second kappa shape index (κ2) is 22.4. The topological polar surface area (TPSA) is 68.3 Å². The van der Waals surface area contributed by atoms with Crippen molar-refractivity contribution in [3.8, 4) is 0 Å². The summed E-state index contributed by atoms with van der Waals surface area (Å²) in [6.07, 6.45) is 0. The van der Waals surface area contributed by atoms with E-state index in [1.165, 1.54) is 15.9 Å². The SMILES string of the molecule is C=O.C=O.C=O.C=O.[Ru].c1ccc(P(c2ccccc2)c2ccccc2)cc1. The van der Waals surface area contributed by atoms with Gasteiger partial charge in [-0.2, -0.15) is 0 Å². The van der Waals surface area contributed by atoms with E-state index in [-0.39, 0.29) is 19.5 Å². The molecule has 4 nitrogen and oxygen atoms in total. The molecule has 3 aromatic carbocycles. The predicted octanol–water partition coefficient (Wildman–Crippen LogP) is 2.70. The van der Waals surface area contributed by atoms with Crippen molar-refractivity contribution in [2.75, 3.05) is 0 Å². The molecule has 3 aromatic rings. The summed E-state index contributed by atoms with van der Waals surface area (Å²) < 4.78 is 0. The average Bonchev–Trinajstić information content (AvgIpc) is 2.82. The van der Waals surface area contributed by atoms with Gasteiger partial charge in [-0.3, -0.25) is 0 Å². The van der Waals surface area contributed by atoms with Crippen LogP contribution in [0.5, 0.6) is 0 Å². The van der Waals surface area contributed by atoms with Crippen LogP contribution in [0.15, 0.2) is 91.0 Å². The Labute approximate surface area is 180 Å². The van der Waals surface area contributed by atoms with Crippen molar-refractivity contribution in [1.82, 2.24) is 0 Å². The largest absolute Gasteiger partial charge is 0.307 e. The number of hydrogen-bond donors (Lipinski definition) is 0. The molecule has 6 heteroatoms. The van der Waals surface area contributed by atoms with Gasteiger partial charge in [0.05, 0.1) is 0 Å². The van der Waals surface area contributed by atoms with E-state index >= 15 is 0 Å². The quantitative estimate of drug-likeness (QED) is 0.425. The second-order valence-corrected chi connectivity index (χ2v) is 6.56. The molecule has 0 N–H and O–H groups in total. The van der Waals surface area contributed by atoms with Crippen molar-refractivity contribution in [2.45, 2.75) is 0 Å². The van der Waals surface area contributed by atoms with E-state index in [0.29, 0.717) is 0 Å². The summed E-state index contributed by atoms with van der Waals surface area (Å²) in [5, 5.41) is 4.19. The number of carbonyl (C=O) groups excluding carboxylic acids is 4. The molecule has 0 aliphatic rings. The maximum absolute atomic E-state index is 8.00. The van der Waals surface area contributed by atoms with E-state index in [0.717, 1.165) is 0 Å². The standard InChI is InChI=1S/C18H15P.4CH2O.Ru/c1-4-10-16(11-5-1)19(17-12-6-2-7-13-17)18-14-8-3-9-15-18;4*1-2;/h1-15H;4*1H2;. The van der Waals surface area contributed by atoms with Gasteiger partial charge in [0.1, 0.15) is 27.2 Å². The molecule has 0 heterocycles. The van der Waals surface area contributed by atoms with Crippen LogP contribution in [0.25, 0.3) is 0 Å². The Balaban J connectivity index is -0.000000622. The van der Waals surface area contributed by atoms with Crippen molar-refractivity contribution in [2.24, 2.45) is 0 Å². The summed E-state index contributed by atoms with van der Waals surface area (Å²) in [5.41, 5.74) is 0. The number of rotatable bonds is 3. The van der Waals surface area contributed by atoms with Gasteiger partial charge in [0.15, 0.2) is 0 Å². The molecule has 0 aliphatic heterocycles. The molecule has 0 bridgehead atoms. The zero-order valence-electron chi connectivity index (χ0n) is 15.4. The maximum atomic E-state index is 8.00. The van der Waals surface area contributed by atoms with Gasteiger partial charge in [0.2, 0.25) is 0 Å². The molecule has 0 atom stereocenters. The zero-order chi connectivity index (χ0) is 20.9. The van der Waals surface area contributed by atoms with Crippen LogP contribution in [-0.2, 0) is 38.7 Å². The van der Waals surface area contributed by atoms with Crippen LogP contribution in [-0.4, -0.2) is 27.2 Å². The van der Waals surface area contributed by atoms with Crippen molar-refractivity contribution >= 4 is 51.0 Å². The Bertz CT molecular complexity index is 598. The van der Waals surface area contributed by atoms with Crippen molar-refractivity contribution < 1.29 is 38.7 Å². The molecular formula is C22H23O4PRu. The normalized spacial score (nSPS) is 7.75. The van der Waals surface area contributed by atoms with Gasteiger partial charge in [-0.05, 0) is 23.8 Å². The third-order valence-corrected chi connectivity index (χ3v) is 5.49. The van der Waals surface area contributed by atoms with Gasteiger partial charge in [-0.1, -0.05) is 91.0 Å².